The lowest BCUT2D eigenvalue weighted by molar-refractivity contribution is -0.384. The van der Waals surface area contributed by atoms with E-state index in [0.29, 0.717) is 13.1 Å². The summed E-state index contributed by atoms with van der Waals surface area (Å²) in [7, 11) is 0. The van der Waals surface area contributed by atoms with Crippen molar-refractivity contribution in [2.45, 2.75) is 39.5 Å². The van der Waals surface area contributed by atoms with Crippen LogP contribution in [-0.4, -0.2) is 39.7 Å². The van der Waals surface area contributed by atoms with E-state index in [9.17, 15) is 19.7 Å². The van der Waals surface area contributed by atoms with Gasteiger partial charge in [-0.25, -0.2) is 4.98 Å². The van der Waals surface area contributed by atoms with E-state index in [0.717, 1.165) is 50.8 Å². The van der Waals surface area contributed by atoms with Crippen LogP contribution < -0.4 is 5.32 Å². The normalized spacial score (nSPS) is 14.2. The molecule has 0 aliphatic carbocycles. The molecule has 10 heteroatoms. The van der Waals surface area contributed by atoms with Gasteiger partial charge in [-0.2, -0.15) is 0 Å². The van der Waals surface area contributed by atoms with Crippen LogP contribution in [0, 0.1) is 30.9 Å². The van der Waals surface area contributed by atoms with Crippen molar-refractivity contribution in [3.8, 4) is 11.3 Å². The van der Waals surface area contributed by atoms with Gasteiger partial charge in [0.2, 0.25) is 11.8 Å². The van der Waals surface area contributed by atoms with Gasteiger partial charge in [0.1, 0.15) is 5.69 Å². The number of nitrogens with one attached hydrogen (secondary N) is 1. The zero-order valence-electron chi connectivity index (χ0n) is 20.8. The highest BCUT2D eigenvalue weighted by Gasteiger charge is 2.26. The summed E-state index contributed by atoms with van der Waals surface area (Å²) in [4.78, 5) is 43.7. The average molecular weight is 584 g/mol. The molecule has 0 bridgehead atoms. The van der Waals surface area contributed by atoms with Gasteiger partial charge in [-0.05, 0) is 62.9 Å². The van der Waals surface area contributed by atoms with Crippen molar-refractivity contribution >= 4 is 50.5 Å². The predicted octanol–water partition coefficient (Wildman–Crippen LogP) is 6.31. The number of anilines is 1. The van der Waals surface area contributed by atoms with Gasteiger partial charge in [0, 0.05) is 52.1 Å². The Morgan fingerprint density at radius 1 is 1.11 bits per heavy atom. The van der Waals surface area contributed by atoms with Gasteiger partial charge < -0.3 is 10.2 Å². The molecule has 0 saturated carbocycles. The Hall–Kier alpha value is -3.37. The van der Waals surface area contributed by atoms with Gasteiger partial charge in [0.25, 0.3) is 5.69 Å². The predicted molar refractivity (Wildman–Crippen MR) is 149 cm³/mol. The second-order valence-corrected chi connectivity index (χ2v) is 11.2. The molecule has 2 heterocycles. The van der Waals surface area contributed by atoms with E-state index in [1.54, 1.807) is 29.2 Å². The number of carbonyl (C=O) groups excluding carboxylic acids is 2. The first-order chi connectivity index (χ1) is 17.6. The van der Waals surface area contributed by atoms with Crippen LogP contribution in [0.1, 0.15) is 39.8 Å². The van der Waals surface area contributed by atoms with E-state index in [-0.39, 0.29) is 23.2 Å². The standard InChI is InChI=1S/C27H27BrN4O4S/c1-16-14-22(23(32(35)36)15-17(16)2)29-24(33)8-9-25(34)31-12-10-20(11-13-31)27-30-26(18(3)37-27)19-4-6-21(28)7-5-19/h4-9,14-15,20H,10-13H2,1-3H3,(H,29,33). The fourth-order valence-electron chi connectivity index (χ4n) is 4.29. The highest BCUT2D eigenvalue weighted by molar-refractivity contribution is 9.10. The third-order valence-corrected chi connectivity index (χ3v) is 8.19. The zero-order chi connectivity index (χ0) is 26.7. The Kier molecular flexibility index (Phi) is 8.19. The average Bonchev–Trinajstić information content (AvgIpc) is 3.26. The van der Waals surface area contributed by atoms with Crippen LogP contribution in [0.2, 0.25) is 0 Å². The van der Waals surface area contributed by atoms with Gasteiger partial charge >= 0.3 is 0 Å². The number of thiazole rings is 1. The number of rotatable bonds is 6. The van der Waals surface area contributed by atoms with Gasteiger partial charge in [-0.3, -0.25) is 19.7 Å². The van der Waals surface area contributed by atoms with Gasteiger partial charge in [0.05, 0.1) is 15.6 Å². The second-order valence-electron chi connectivity index (χ2n) is 9.10. The summed E-state index contributed by atoms with van der Waals surface area (Å²) in [6.07, 6.45) is 3.95. The second kappa shape index (κ2) is 11.4. The largest absolute Gasteiger partial charge is 0.339 e. The van der Waals surface area contributed by atoms with E-state index < -0.39 is 10.8 Å². The van der Waals surface area contributed by atoms with Crippen LogP contribution in [0.15, 0.2) is 53.0 Å². The third kappa shape index (κ3) is 6.31. The van der Waals surface area contributed by atoms with E-state index in [2.05, 4.69) is 40.3 Å². The van der Waals surface area contributed by atoms with Crippen LogP contribution in [0.4, 0.5) is 11.4 Å². The van der Waals surface area contributed by atoms with Gasteiger partial charge in [-0.1, -0.05) is 28.1 Å². The fourth-order valence-corrected chi connectivity index (χ4v) is 5.67. The molecule has 2 aromatic carbocycles. The molecule has 37 heavy (non-hydrogen) atoms. The lowest BCUT2D eigenvalue weighted by Crippen LogP contribution is -2.37. The summed E-state index contributed by atoms with van der Waals surface area (Å²) in [5, 5.41) is 15.0. The molecule has 0 spiro atoms. The number of hydrogen-bond acceptors (Lipinski definition) is 6. The molecule has 2 amide bonds. The maximum atomic E-state index is 12.7. The van der Waals surface area contributed by atoms with E-state index in [4.69, 9.17) is 4.98 Å². The number of nitrogens with zero attached hydrogens (tertiary/aromatic N) is 3. The minimum atomic E-state index is -0.590. The lowest BCUT2D eigenvalue weighted by atomic mass is 9.97. The Bertz CT molecular complexity index is 1380. The number of aromatic nitrogens is 1. The molecule has 0 atom stereocenters. The van der Waals surface area contributed by atoms with Crippen molar-refractivity contribution in [2.24, 2.45) is 0 Å². The number of likely N-dealkylation sites (tertiary alicyclic amines) is 1. The molecule has 192 valence electrons. The molecule has 1 N–H and O–H groups in total. The highest BCUT2D eigenvalue weighted by Crippen LogP contribution is 2.36. The minimum Gasteiger partial charge on any atom is -0.339 e. The topological polar surface area (TPSA) is 105 Å². The fraction of sp³-hybridized carbons (Fsp3) is 0.296. The first-order valence-electron chi connectivity index (χ1n) is 11.9. The maximum Gasteiger partial charge on any atom is 0.293 e. The van der Waals surface area contributed by atoms with Crippen molar-refractivity contribution in [3.05, 3.63) is 84.1 Å². The molecule has 1 aromatic heterocycles. The van der Waals surface area contributed by atoms with Crippen LogP contribution in [0.3, 0.4) is 0 Å². The summed E-state index contributed by atoms with van der Waals surface area (Å²) >= 11 is 5.17. The summed E-state index contributed by atoms with van der Waals surface area (Å²) in [6.45, 7) is 6.81. The molecular weight excluding hydrogens is 556 g/mol. The number of nitro groups is 1. The molecule has 1 fully saturated rings. The Labute approximate surface area is 227 Å². The van der Waals surface area contributed by atoms with E-state index in [1.807, 2.05) is 19.1 Å². The molecule has 8 nitrogen and oxygen atoms in total. The summed E-state index contributed by atoms with van der Waals surface area (Å²) in [5.74, 6) is -0.558. The van der Waals surface area contributed by atoms with Crippen LogP contribution >= 0.6 is 27.3 Å². The molecule has 1 saturated heterocycles. The number of aryl methyl sites for hydroxylation is 3. The number of nitro benzene ring substituents is 1. The summed E-state index contributed by atoms with van der Waals surface area (Å²) in [5.41, 5.74) is 3.60. The van der Waals surface area contributed by atoms with Crippen LogP contribution in [0.5, 0.6) is 0 Å². The Morgan fingerprint density at radius 2 is 1.76 bits per heavy atom. The van der Waals surface area contributed by atoms with Gasteiger partial charge in [0.15, 0.2) is 0 Å². The smallest absolute Gasteiger partial charge is 0.293 e. The number of halogens is 1. The maximum absolute atomic E-state index is 12.7. The lowest BCUT2D eigenvalue weighted by Gasteiger charge is -2.30. The molecule has 1 aliphatic rings. The van der Waals surface area contributed by atoms with Crippen LogP contribution in [0.25, 0.3) is 11.3 Å². The van der Waals surface area contributed by atoms with Crippen LogP contribution in [-0.2, 0) is 9.59 Å². The summed E-state index contributed by atoms with van der Waals surface area (Å²) < 4.78 is 1.03. The summed E-state index contributed by atoms with van der Waals surface area (Å²) in [6, 6.07) is 11.1. The number of amides is 2. The number of piperidine rings is 1. The van der Waals surface area contributed by atoms with E-state index >= 15 is 0 Å². The first-order valence-corrected chi connectivity index (χ1v) is 13.5. The minimum absolute atomic E-state index is 0.109. The number of hydrogen-bond donors (Lipinski definition) is 1. The molecule has 0 radical (unpaired) electrons. The molecule has 1 aliphatic heterocycles. The van der Waals surface area contributed by atoms with Gasteiger partial charge in [-0.15, -0.1) is 11.3 Å². The monoisotopic (exact) mass is 582 g/mol. The number of carbonyl (C=O) groups is 2. The first kappa shape index (κ1) is 26.7. The molecule has 4 rings (SSSR count). The third-order valence-electron chi connectivity index (χ3n) is 6.53. The highest BCUT2D eigenvalue weighted by atomic mass is 79.9. The SMILES string of the molecule is Cc1cc(NC(=O)C=CC(=O)N2CCC(c3nc(-c4ccc(Br)cc4)c(C)s3)CC2)c([N+](=O)[O-])cc1C. The van der Waals surface area contributed by atoms with Crippen molar-refractivity contribution in [3.63, 3.8) is 0 Å². The van der Waals surface area contributed by atoms with E-state index in [1.165, 1.54) is 17.0 Å². The number of benzene rings is 2. The zero-order valence-corrected chi connectivity index (χ0v) is 23.2. The molecule has 3 aromatic rings. The van der Waals surface area contributed by atoms with Crippen molar-refractivity contribution in [1.29, 1.82) is 0 Å². The molecule has 0 unspecified atom stereocenters. The Balaban J connectivity index is 1.34. The molecular formula is C27H27BrN4O4S. The quantitative estimate of drug-likeness (QED) is 0.208. The van der Waals surface area contributed by atoms with Crippen molar-refractivity contribution < 1.29 is 14.5 Å². The van der Waals surface area contributed by atoms with Crippen molar-refractivity contribution in [2.75, 3.05) is 18.4 Å². The van der Waals surface area contributed by atoms with Crippen molar-refractivity contribution in [1.82, 2.24) is 9.88 Å². The Morgan fingerprint density at radius 3 is 2.41 bits per heavy atom.